The van der Waals surface area contributed by atoms with E-state index in [4.69, 9.17) is 18.9 Å². The maximum atomic E-state index is 12.1. The molecule has 1 aliphatic heterocycles. The number of hydrogen-bond donors (Lipinski definition) is 2. The monoisotopic (exact) mass is 360 g/mol. The Balaban J connectivity index is 0.00000288. The van der Waals surface area contributed by atoms with Gasteiger partial charge < -0.3 is 29.6 Å². The van der Waals surface area contributed by atoms with Gasteiger partial charge in [0.05, 0.1) is 33.5 Å². The number of amides is 1. The van der Waals surface area contributed by atoms with Gasteiger partial charge in [-0.2, -0.15) is 0 Å². The summed E-state index contributed by atoms with van der Waals surface area (Å²) in [6, 6.07) is 4.98. The van der Waals surface area contributed by atoms with Gasteiger partial charge in [0, 0.05) is 24.7 Å². The van der Waals surface area contributed by atoms with Gasteiger partial charge in [-0.05, 0) is 6.92 Å². The molecule has 1 aliphatic rings. The zero-order valence-electron chi connectivity index (χ0n) is 14.2. The van der Waals surface area contributed by atoms with E-state index in [-0.39, 0.29) is 30.5 Å². The molecule has 0 unspecified atom stereocenters. The third-order valence-electron chi connectivity index (χ3n) is 3.59. The van der Waals surface area contributed by atoms with Gasteiger partial charge in [-0.25, -0.2) is 0 Å². The first-order chi connectivity index (χ1) is 11.1. The number of halogens is 1. The fourth-order valence-corrected chi connectivity index (χ4v) is 2.35. The molecule has 0 aromatic heterocycles. The minimum atomic E-state index is -0.319. The molecule has 2 N–H and O–H groups in total. The quantitative estimate of drug-likeness (QED) is 0.706. The molecule has 2 rings (SSSR count). The zero-order valence-corrected chi connectivity index (χ0v) is 15.0. The van der Waals surface area contributed by atoms with E-state index < -0.39 is 0 Å². The molecule has 1 heterocycles. The summed E-state index contributed by atoms with van der Waals surface area (Å²) in [5.41, 5.74) is 0. The molecule has 24 heavy (non-hydrogen) atoms. The van der Waals surface area contributed by atoms with Crippen molar-refractivity contribution in [3.05, 3.63) is 18.2 Å². The molecule has 1 fully saturated rings. The number of rotatable bonds is 7. The van der Waals surface area contributed by atoms with Crippen LogP contribution in [-0.4, -0.2) is 58.6 Å². The number of methoxy groups -OCH3 is 2. The minimum Gasteiger partial charge on any atom is -0.496 e. The van der Waals surface area contributed by atoms with E-state index in [0.717, 1.165) is 0 Å². The van der Waals surface area contributed by atoms with Crippen molar-refractivity contribution >= 4 is 18.3 Å². The maximum absolute atomic E-state index is 12.1. The SMILES string of the molecule is COc1cc(OC)cc(OCCNC(=O)[C@H]2NCCO[C@@H]2C)c1.Cl. The third kappa shape index (κ3) is 5.74. The second-order valence-corrected chi connectivity index (χ2v) is 5.20. The molecule has 2 atom stereocenters. The largest absolute Gasteiger partial charge is 0.496 e. The number of morpholine rings is 1. The van der Waals surface area contributed by atoms with Gasteiger partial charge in [0.1, 0.15) is 29.9 Å². The first kappa shape index (κ1) is 20.3. The number of benzene rings is 1. The van der Waals surface area contributed by atoms with Gasteiger partial charge in [0.25, 0.3) is 0 Å². The van der Waals surface area contributed by atoms with Crippen molar-refractivity contribution in [1.29, 1.82) is 0 Å². The van der Waals surface area contributed by atoms with Crippen molar-refractivity contribution in [2.75, 3.05) is 40.5 Å². The molecule has 1 aromatic rings. The van der Waals surface area contributed by atoms with Crippen LogP contribution in [0.3, 0.4) is 0 Å². The maximum Gasteiger partial charge on any atom is 0.239 e. The zero-order chi connectivity index (χ0) is 16.7. The molecular formula is C16H25ClN2O5. The van der Waals surface area contributed by atoms with Crippen LogP contribution in [0.1, 0.15) is 6.92 Å². The Bertz CT molecular complexity index is 507. The van der Waals surface area contributed by atoms with Gasteiger partial charge in [-0.15, -0.1) is 12.4 Å². The fourth-order valence-electron chi connectivity index (χ4n) is 2.35. The summed E-state index contributed by atoms with van der Waals surface area (Å²) in [4.78, 5) is 12.1. The summed E-state index contributed by atoms with van der Waals surface area (Å²) in [6.07, 6.45) is -0.132. The first-order valence-electron chi connectivity index (χ1n) is 7.62. The van der Waals surface area contributed by atoms with Crippen molar-refractivity contribution in [1.82, 2.24) is 10.6 Å². The van der Waals surface area contributed by atoms with E-state index >= 15 is 0 Å². The molecule has 7 nitrogen and oxygen atoms in total. The van der Waals surface area contributed by atoms with Crippen molar-refractivity contribution in [2.45, 2.75) is 19.1 Å². The lowest BCUT2D eigenvalue weighted by Gasteiger charge is -2.29. The molecule has 0 spiro atoms. The summed E-state index contributed by atoms with van der Waals surface area (Å²) < 4.78 is 21.4. The van der Waals surface area contributed by atoms with E-state index in [0.29, 0.717) is 43.6 Å². The molecule has 0 aliphatic carbocycles. The van der Waals surface area contributed by atoms with Crippen LogP contribution in [0.25, 0.3) is 0 Å². The van der Waals surface area contributed by atoms with E-state index in [1.165, 1.54) is 0 Å². The molecule has 0 saturated carbocycles. The predicted molar refractivity (Wildman–Crippen MR) is 92.5 cm³/mol. The smallest absolute Gasteiger partial charge is 0.239 e. The van der Waals surface area contributed by atoms with Crippen molar-refractivity contribution in [2.24, 2.45) is 0 Å². The Hall–Kier alpha value is -1.70. The molecule has 1 saturated heterocycles. The Labute approximate surface area is 148 Å². The lowest BCUT2D eigenvalue weighted by Crippen LogP contribution is -2.55. The van der Waals surface area contributed by atoms with Crippen LogP contribution >= 0.6 is 12.4 Å². The van der Waals surface area contributed by atoms with Crippen LogP contribution in [-0.2, 0) is 9.53 Å². The van der Waals surface area contributed by atoms with Gasteiger partial charge >= 0.3 is 0 Å². The Morgan fingerprint density at radius 2 is 1.88 bits per heavy atom. The van der Waals surface area contributed by atoms with E-state index in [2.05, 4.69) is 10.6 Å². The van der Waals surface area contributed by atoms with Crippen LogP contribution in [0.2, 0.25) is 0 Å². The highest BCUT2D eigenvalue weighted by atomic mass is 35.5. The molecule has 8 heteroatoms. The van der Waals surface area contributed by atoms with Crippen LogP contribution in [0, 0.1) is 0 Å². The number of nitrogens with one attached hydrogen (secondary N) is 2. The van der Waals surface area contributed by atoms with Crippen molar-refractivity contribution in [3.8, 4) is 17.2 Å². The summed E-state index contributed by atoms with van der Waals surface area (Å²) in [5, 5.41) is 5.99. The number of ether oxygens (including phenoxy) is 4. The molecule has 1 aromatic carbocycles. The summed E-state index contributed by atoms with van der Waals surface area (Å²) >= 11 is 0. The number of carbonyl (C=O) groups excluding carboxylic acids is 1. The minimum absolute atomic E-state index is 0. The fraction of sp³-hybridized carbons (Fsp3) is 0.562. The molecule has 136 valence electrons. The van der Waals surface area contributed by atoms with Crippen molar-refractivity contribution in [3.63, 3.8) is 0 Å². The summed E-state index contributed by atoms with van der Waals surface area (Å²) in [7, 11) is 3.17. The topological polar surface area (TPSA) is 78.0 Å². The van der Waals surface area contributed by atoms with E-state index in [1.807, 2.05) is 6.92 Å². The van der Waals surface area contributed by atoms with E-state index in [1.54, 1.807) is 32.4 Å². The Morgan fingerprint density at radius 1 is 1.25 bits per heavy atom. The van der Waals surface area contributed by atoms with Crippen LogP contribution in [0.5, 0.6) is 17.2 Å². The lowest BCUT2D eigenvalue weighted by molar-refractivity contribution is -0.129. The van der Waals surface area contributed by atoms with E-state index in [9.17, 15) is 4.79 Å². The molecule has 0 radical (unpaired) electrons. The Kier molecular flexibility index (Phi) is 8.67. The second kappa shape index (κ2) is 10.2. The van der Waals surface area contributed by atoms with Crippen LogP contribution in [0.15, 0.2) is 18.2 Å². The highest BCUT2D eigenvalue weighted by Crippen LogP contribution is 2.27. The van der Waals surface area contributed by atoms with Gasteiger partial charge in [0.2, 0.25) is 5.91 Å². The van der Waals surface area contributed by atoms with Gasteiger partial charge in [-0.1, -0.05) is 0 Å². The van der Waals surface area contributed by atoms with Gasteiger partial charge in [-0.3, -0.25) is 4.79 Å². The highest BCUT2D eigenvalue weighted by molar-refractivity contribution is 5.85. The lowest BCUT2D eigenvalue weighted by atomic mass is 10.1. The van der Waals surface area contributed by atoms with Crippen molar-refractivity contribution < 1.29 is 23.7 Å². The average molecular weight is 361 g/mol. The second-order valence-electron chi connectivity index (χ2n) is 5.20. The highest BCUT2D eigenvalue weighted by Gasteiger charge is 2.27. The normalized spacial score (nSPS) is 19.8. The average Bonchev–Trinajstić information content (AvgIpc) is 2.58. The van der Waals surface area contributed by atoms with Gasteiger partial charge in [0.15, 0.2) is 0 Å². The first-order valence-corrected chi connectivity index (χ1v) is 7.62. The number of carbonyl (C=O) groups is 1. The summed E-state index contributed by atoms with van der Waals surface area (Å²) in [5.74, 6) is 1.86. The third-order valence-corrected chi connectivity index (χ3v) is 3.59. The molecule has 1 amide bonds. The molecular weight excluding hydrogens is 336 g/mol. The molecule has 0 bridgehead atoms. The Morgan fingerprint density at radius 3 is 2.46 bits per heavy atom. The van der Waals surface area contributed by atoms with Crippen LogP contribution in [0.4, 0.5) is 0 Å². The number of hydrogen-bond acceptors (Lipinski definition) is 6. The van der Waals surface area contributed by atoms with Crippen LogP contribution < -0.4 is 24.8 Å². The standard InChI is InChI=1S/C16H24N2O5.ClH/c1-11-15(17-4-6-22-11)16(19)18-5-7-23-14-9-12(20-2)8-13(10-14)21-3;/h8-11,15,17H,4-7H2,1-3H3,(H,18,19);1H/t11-,15+;/m1./s1. The predicted octanol–water partition coefficient (Wildman–Crippen LogP) is 0.998. The summed E-state index contributed by atoms with van der Waals surface area (Å²) in [6.45, 7) is 3.96.